The lowest BCUT2D eigenvalue weighted by atomic mass is 10.1. The van der Waals surface area contributed by atoms with Crippen molar-refractivity contribution in [3.8, 4) is 0 Å². The van der Waals surface area contributed by atoms with Gasteiger partial charge in [-0.3, -0.25) is 0 Å². The maximum absolute atomic E-state index is 5.70. The molecule has 0 unspecified atom stereocenters. The van der Waals surface area contributed by atoms with Crippen LogP contribution in [0.1, 0.15) is 11.1 Å². The number of benzene rings is 1. The highest BCUT2D eigenvalue weighted by molar-refractivity contribution is 6.31. The van der Waals surface area contributed by atoms with Crippen LogP contribution in [0.5, 0.6) is 0 Å². The maximum Gasteiger partial charge on any atom is 0.228 e. The van der Waals surface area contributed by atoms with Gasteiger partial charge >= 0.3 is 0 Å². The van der Waals surface area contributed by atoms with Crippen molar-refractivity contribution < 1.29 is 4.74 Å². The van der Waals surface area contributed by atoms with E-state index < -0.39 is 0 Å². The van der Waals surface area contributed by atoms with Gasteiger partial charge in [0, 0.05) is 13.7 Å². The minimum absolute atomic E-state index is 0.0654. The minimum atomic E-state index is 0.0654. The van der Waals surface area contributed by atoms with Crippen molar-refractivity contribution in [2.45, 2.75) is 13.2 Å². The first-order valence-corrected chi connectivity index (χ1v) is 6.30. The molecule has 0 saturated heterocycles. The van der Waals surface area contributed by atoms with Gasteiger partial charge in [-0.2, -0.15) is 15.0 Å². The zero-order valence-electron chi connectivity index (χ0n) is 10.2. The highest BCUT2D eigenvalue weighted by atomic mass is 35.5. The summed E-state index contributed by atoms with van der Waals surface area (Å²) in [7, 11) is 1.67. The number of ether oxygens (including phenoxy) is 1. The van der Waals surface area contributed by atoms with E-state index in [2.05, 4.69) is 20.3 Å². The van der Waals surface area contributed by atoms with Gasteiger partial charge in [0.25, 0.3) is 0 Å². The van der Waals surface area contributed by atoms with Gasteiger partial charge in [0.1, 0.15) is 0 Å². The van der Waals surface area contributed by atoms with Crippen LogP contribution in [-0.4, -0.2) is 22.1 Å². The molecule has 1 heterocycles. The minimum Gasteiger partial charge on any atom is -0.380 e. The third kappa shape index (κ3) is 4.31. The van der Waals surface area contributed by atoms with Crippen molar-refractivity contribution in [2.75, 3.05) is 12.4 Å². The van der Waals surface area contributed by atoms with E-state index in [1.807, 2.05) is 24.3 Å². The average Bonchev–Trinajstić information content (AvgIpc) is 2.36. The summed E-state index contributed by atoms with van der Waals surface area (Å²) >= 11 is 11.4. The molecule has 0 aliphatic rings. The molecule has 0 aliphatic carbocycles. The van der Waals surface area contributed by atoms with Gasteiger partial charge in [0.15, 0.2) is 0 Å². The monoisotopic (exact) mass is 298 g/mol. The molecule has 0 aliphatic heterocycles. The summed E-state index contributed by atoms with van der Waals surface area (Å²) in [6.07, 6.45) is 0. The third-order valence-electron chi connectivity index (χ3n) is 2.33. The second kappa shape index (κ2) is 6.65. The predicted molar refractivity (Wildman–Crippen MR) is 74.3 cm³/mol. The fourth-order valence-corrected chi connectivity index (χ4v) is 1.95. The third-order valence-corrected chi connectivity index (χ3v) is 2.67. The lowest BCUT2D eigenvalue weighted by Crippen LogP contribution is -2.05. The Morgan fingerprint density at radius 2 is 1.79 bits per heavy atom. The van der Waals surface area contributed by atoms with Crippen LogP contribution in [0.2, 0.25) is 10.6 Å². The van der Waals surface area contributed by atoms with Gasteiger partial charge in [-0.1, -0.05) is 24.3 Å². The SMILES string of the molecule is COCc1cccc(CNc2nc(Cl)nc(Cl)n2)c1. The Bertz CT molecular complexity index is 545. The number of hydrogen-bond acceptors (Lipinski definition) is 5. The fraction of sp³-hybridized carbons (Fsp3) is 0.250. The first-order chi connectivity index (χ1) is 9.17. The number of nitrogens with zero attached hydrogens (tertiary/aromatic N) is 3. The molecule has 0 atom stereocenters. The number of halogens is 2. The number of hydrogen-bond donors (Lipinski definition) is 1. The van der Waals surface area contributed by atoms with Gasteiger partial charge in [0.2, 0.25) is 16.5 Å². The van der Waals surface area contributed by atoms with Crippen LogP contribution >= 0.6 is 23.2 Å². The predicted octanol–water partition coefficient (Wildman–Crippen LogP) is 2.94. The van der Waals surface area contributed by atoms with Crippen molar-refractivity contribution in [3.63, 3.8) is 0 Å². The van der Waals surface area contributed by atoms with Crippen LogP contribution in [0.4, 0.5) is 5.95 Å². The summed E-state index contributed by atoms with van der Waals surface area (Å²) in [4.78, 5) is 11.5. The Kier molecular flexibility index (Phi) is 4.90. The number of methoxy groups -OCH3 is 1. The second-order valence-corrected chi connectivity index (χ2v) is 4.48. The molecular weight excluding hydrogens is 287 g/mol. The van der Waals surface area contributed by atoms with Gasteiger partial charge < -0.3 is 10.1 Å². The topological polar surface area (TPSA) is 59.9 Å². The van der Waals surface area contributed by atoms with E-state index in [0.29, 0.717) is 19.1 Å². The van der Waals surface area contributed by atoms with Gasteiger partial charge in [-0.25, -0.2) is 0 Å². The molecule has 0 radical (unpaired) electrons. The molecule has 0 saturated carbocycles. The first kappa shape index (κ1) is 14.0. The van der Waals surface area contributed by atoms with E-state index in [0.717, 1.165) is 11.1 Å². The quantitative estimate of drug-likeness (QED) is 0.919. The van der Waals surface area contributed by atoms with Crippen LogP contribution in [0.3, 0.4) is 0 Å². The van der Waals surface area contributed by atoms with Crippen LogP contribution in [-0.2, 0) is 17.9 Å². The normalized spacial score (nSPS) is 10.5. The molecule has 0 spiro atoms. The largest absolute Gasteiger partial charge is 0.380 e. The lowest BCUT2D eigenvalue weighted by Gasteiger charge is -2.07. The zero-order chi connectivity index (χ0) is 13.7. The van der Waals surface area contributed by atoms with Gasteiger partial charge in [0.05, 0.1) is 6.61 Å². The highest BCUT2D eigenvalue weighted by Crippen LogP contribution is 2.12. The van der Waals surface area contributed by atoms with Crippen molar-refractivity contribution in [2.24, 2.45) is 0 Å². The van der Waals surface area contributed by atoms with Crippen molar-refractivity contribution in [3.05, 3.63) is 46.0 Å². The molecule has 100 valence electrons. The molecule has 1 aromatic heterocycles. The molecule has 0 amide bonds. The van der Waals surface area contributed by atoms with E-state index >= 15 is 0 Å². The van der Waals surface area contributed by atoms with Crippen molar-refractivity contribution in [1.29, 1.82) is 0 Å². The molecule has 1 N–H and O–H groups in total. The number of rotatable bonds is 5. The Balaban J connectivity index is 2.03. The van der Waals surface area contributed by atoms with E-state index in [1.54, 1.807) is 7.11 Å². The Morgan fingerprint density at radius 1 is 1.11 bits per heavy atom. The highest BCUT2D eigenvalue weighted by Gasteiger charge is 2.03. The van der Waals surface area contributed by atoms with Gasteiger partial charge in [-0.05, 0) is 34.3 Å². The Hall–Kier alpha value is -1.43. The summed E-state index contributed by atoms with van der Waals surface area (Å²) in [5, 5.41) is 3.17. The molecule has 2 aromatic rings. The molecule has 1 aromatic carbocycles. The van der Waals surface area contributed by atoms with Crippen LogP contribution in [0.25, 0.3) is 0 Å². The maximum atomic E-state index is 5.70. The smallest absolute Gasteiger partial charge is 0.228 e. The average molecular weight is 299 g/mol. The molecule has 0 fully saturated rings. The first-order valence-electron chi connectivity index (χ1n) is 5.55. The summed E-state index contributed by atoms with van der Waals surface area (Å²) in [6, 6.07) is 8.01. The molecular formula is C12H12Cl2N4O. The van der Waals surface area contributed by atoms with E-state index in [9.17, 15) is 0 Å². The Morgan fingerprint density at radius 3 is 2.47 bits per heavy atom. The van der Waals surface area contributed by atoms with E-state index in [4.69, 9.17) is 27.9 Å². The fourth-order valence-electron chi connectivity index (χ4n) is 1.58. The summed E-state index contributed by atoms with van der Waals surface area (Å²) in [5.74, 6) is 0.349. The van der Waals surface area contributed by atoms with Crippen LogP contribution in [0.15, 0.2) is 24.3 Å². The summed E-state index contributed by atoms with van der Waals surface area (Å²) in [5.41, 5.74) is 2.19. The van der Waals surface area contributed by atoms with E-state index in [-0.39, 0.29) is 10.6 Å². The molecule has 5 nitrogen and oxygen atoms in total. The number of anilines is 1. The van der Waals surface area contributed by atoms with Gasteiger partial charge in [-0.15, -0.1) is 0 Å². The van der Waals surface area contributed by atoms with Crippen molar-refractivity contribution >= 4 is 29.2 Å². The summed E-state index contributed by atoms with van der Waals surface area (Å²) in [6.45, 7) is 1.14. The molecule has 7 heteroatoms. The molecule has 0 bridgehead atoms. The number of nitrogens with one attached hydrogen (secondary N) is 1. The van der Waals surface area contributed by atoms with E-state index in [1.165, 1.54) is 0 Å². The standard InChI is InChI=1S/C12H12Cl2N4O/c1-19-7-9-4-2-3-8(5-9)6-15-12-17-10(13)16-11(14)18-12/h2-5H,6-7H2,1H3,(H,15,16,17,18). The second-order valence-electron chi connectivity index (χ2n) is 3.80. The van der Waals surface area contributed by atoms with Crippen LogP contribution in [0, 0.1) is 0 Å². The summed E-state index contributed by atoms with van der Waals surface area (Å²) < 4.78 is 5.09. The lowest BCUT2D eigenvalue weighted by molar-refractivity contribution is 0.185. The molecule has 2 rings (SSSR count). The van der Waals surface area contributed by atoms with Crippen molar-refractivity contribution in [1.82, 2.24) is 15.0 Å². The number of aromatic nitrogens is 3. The zero-order valence-corrected chi connectivity index (χ0v) is 11.7. The van der Waals surface area contributed by atoms with Crippen LogP contribution < -0.4 is 5.32 Å². The molecule has 19 heavy (non-hydrogen) atoms. The Labute approximate surface area is 121 Å².